The van der Waals surface area contributed by atoms with Gasteiger partial charge in [-0.15, -0.1) is 0 Å². The van der Waals surface area contributed by atoms with E-state index in [2.05, 4.69) is 4.98 Å². The number of ether oxygens (including phenoxy) is 1. The molecule has 0 saturated carbocycles. The molecule has 1 aromatic rings. The van der Waals surface area contributed by atoms with Crippen LogP contribution in [0.5, 0.6) is 5.88 Å². The Bertz CT molecular complexity index is 326. The fourth-order valence-electron chi connectivity index (χ4n) is 1.05. The van der Waals surface area contributed by atoms with Gasteiger partial charge in [0.05, 0.1) is 7.11 Å². The van der Waals surface area contributed by atoms with E-state index in [1.807, 2.05) is 0 Å². The monoisotopic (exact) mass is 182 g/mol. The number of nitrogen functional groups attached to an aromatic ring is 1. The molecule has 0 aliphatic rings. The molecule has 1 aromatic heterocycles. The number of rotatable bonds is 2. The van der Waals surface area contributed by atoms with Gasteiger partial charge in [0.25, 0.3) is 0 Å². The Labute approximate surface area is 75.2 Å². The van der Waals surface area contributed by atoms with Crippen molar-refractivity contribution in [1.82, 2.24) is 4.98 Å². The molecule has 1 heterocycles. The molecule has 3 N–H and O–H groups in total. The predicted molar refractivity (Wildman–Crippen MR) is 46.9 cm³/mol. The number of carboxylic acid groups (broad SMARTS) is 1. The summed E-state index contributed by atoms with van der Waals surface area (Å²) in [5.41, 5.74) is 5.99. The summed E-state index contributed by atoms with van der Waals surface area (Å²) >= 11 is 0. The van der Waals surface area contributed by atoms with Crippen LogP contribution < -0.4 is 10.5 Å². The molecule has 0 radical (unpaired) electrons. The molecule has 5 heteroatoms. The largest absolute Gasteiger partial charge is 0.481 e. The van der Waals surface area contributed by atoms with Gasteiger partial charge in [0, 0.05) is 6.07 Å². The number of hydrogen-bond donors (Lipinski definition) is 2. The number of aromatic nitrogens is 1. The maximum Gasteiger partial charge on any atom is 0.339 e. The summed E-state index contributed by atoms with van der Waals surface area (Å²) in [6.45, 7) is 1.64. The SMILES string of the molecule is COc1cc(C)c(C(=O)O)c(N)n1. The van der Waals surface area contributed by atoms with Crippen molar-refractivity contribution in [2.24, 2.45) is 0 Å². The lowest BCUT2D eigenvalue weighted by Crippen LogP contribution is -2.07. The fourth-order valence-corrected chi connectivity index (χ4v) is 1.05. The lowest BCUT2D eigenvalue weighted by atomic mass is 10.1. The standard InChI is InChI=1S/C8H10N2O3/c1-4-3-5(13-2)10-7(9)6(4)8(11)12/h3H,1-2H3,(H2,9,10)(H,11,12). The number of carbonyl (C=O) groups is 1. The number of pyridine rings is 1. The van der Waals surface area contributed by atoms with Crippen molar-refractivity contribution in [2.45, 2.75) is 6.92 Å². The second kappa shape index (κ2) is 3.30. The zero-order chi connectivity index (χ0) is 10.0. The molecule has 0 unspecified atom stereocenters. The molecular formula is C8H10N2O3. The number of carboxylic acids is 1. The van der Waals surface area contributed by atoms with Crippen molar-refractivity contribution < 1.29 is 14.6 Å². The maximum absolute atomic E-state index is 10.7. The number of aryl methyl sites for hydroxylation is 1. The number of methoxy groups -OCH3 is 1. The van der Waals surface area contributed by atoms with Crippen LogP contribution in [0.25, 0.3) is 0 Å². The first-order chi connectivity index (χ1) is 6.06. The smallest absolute Gasteiger partial charge is 0.339 e. The molecular weight excluding hydrogens is 172 g/mol. The third kappa shape index (κ3) is 1.69. The molecule has 0 bridgehead atoms. The van der Waals surface area contributed by atoms with Crippen LogP contribution in [0.4, 0.5) is 5.82 Å². The van der Waals surface area contributed by atoms with Gasteiger partial charge >= 0.3 is 5.97 Å². The van der Waals surface area contributed by atoms with Crippen LogP contribution in [0, 0.1) is 6.92 Å². The van der Waals surface area contributed by atoms with E-state index in [0.717, 1.165) is 0 Å². The van der Waals surface area contributed by atoms with Gasteiger partial charge in [0.15, 0.2) is 0 Å². The number of nitrogens with zero attached hydrogens (tertiary/aromatic N) is 1. The Morgan fingerprint density at radius 2 is 2.31 bits per heavy atom. The summed E-state index contributed by atoms with van der Waals surface area (Å²) in [6, 6.07) is 1.53. The lowest BCUT2D eigenvalue weighted by Gasteiger charge is -2.06. The molecule has 0 aliphatic heterocycles. The van der Waals surface area contributed by atoms with Gasteiger partial charge in [0.2, 0.25) is 5.88 Å². The van der Waals surface area contributed by atoms with E-state index >= 15 is 0 Å². The molecule has 1 rings (SSSR count). The first-order valence-corrected chi connectivity index (χ1v) is 3.60. The number of hydrogen-bond acceptors (Lipinski definition) is 4. The molecule has 0 atom stereocenters. The van der Waals surface area contributed by atoms with E-state index in [0.29, 0.717) is 11.4 Å². The van der Waals surface area contributed by atoms with Crippen molar-refractivity contribution in [3.05, 3.63) is 17.2 Å². The molecule has 5 nitrogen and oxygen atoms in total. The molecule has 0 fully saturated rings. The highest BCUT2D eigenvalue weighted by Gasteiger charge is 2.13. The van der Waals surface area contributed by atoms with Crippen LogP contribution >= 0.6 is 0 Å². The second-order valence-electron chi connectivity index (χ2n) is 2.55. The highest BCUT2D eigenvalue weighted by atomic mass is 16.5. The first kappa shape index (κ1) is 9.31. The summed E-state index contributed by atoms with van der Waals surface area (Å²) in [5.74, 6) is -0.783. The van der Waals surface area contributed by atoms with E-state index in [9.17, 15) is 4.79 Å². The van der Waals surface area contributed by atoms with Crippen molar-refractivity contribution >= 4 is 11.8 Å². The summed E-state index contributed by atoms with van der Waals surface area (Å²) in [4.78, 5) is 14.4. The lowest BCUT2D eigenvalue weighted by molar-refractivity contribution is 0.0697. The van der Waals surface area contributed by atoms with Crippen molar-refractivity contribution in [3.8, 4) is 5.88 Å². The molecule has 70 valence electrons. The average molecular weight is 182 g/mol. The summed E-state index contributed by atoms with van der Waals surface area (Å²) in [7, 11) is 1.45. The first-order valence-electron chi connectivity index (χ1n) is 3.60. The van der Waals surface area contributed by atoms with Gasteiger partial charge in [-0.1, -0.05) is 0 Å². The van der Waals surface area contributed by atoms with Crippen LogP contribution in [0.15, 0.2) is 6.07 Å². The number of aromatic carboxylic acids is 1. The average Bonchev–Trinajstić information content (AvgIpc) is 2.02. The number of anilines is 1. The van der Waals surface area contributed by atoms with E-state index in [1.54, 1.807) is 6.92 Å². The summed E-state index contributed by atoms with van der Waals surface area (Å²) < 4.78 is 4.83. The summed E-state index contributed by atoms with van der Waals surface area (Å²) in [5, 5.41) is 8.75. The third-order valence-corrected chi connectivity index (χ3v) is 1.64. The van der Waals surface area contributed by atoms with Crippen LogP contribution in [0.1, 0.15) is 15.9 Å². The van der Waals surface area contributed by atoms with E-state index in [1.165, 1.54) is 13.2 Å². The minimum atomic E-state index is -1.08. The van der Waals surface area contributed by atoms with E-state index in [-0.39, 0.29) is 11.4 Å². The minimum Gasteiger partial charge on any atom is -0.481 e. The Kier molecular flexibility index (Phi) is 2.36. The molecule has 0 aliphatic carbocycles. The zero-order valence-electron chi connectivity index (χ0n) is 7.37. The van der Waals surface area contributed by atoms with Crippen LogP contribution in [0.3, 0.4) is 0 Å². The fraction of sp³-hybridized carbons (Fsp3) is 0.250. The van der Waals surface area contributed by atoms with Crippen molar-refractivity contribution in [2.75, 3.05) is 12.8 Å². The van der Waals surface area contributed by atoms with E-state index in [4.69, 9.17) is 15.6 Å². The van der Waals surface area contributed by atoms with Gasteiger partial charge in [-0.05, 0) is 12.5 Å². The van der Waals surface area contributed by atoms with Gasteiger partial charge in [0.1, 0.15) is 11.4 Å². The maximum atomic E-state index is 10.7. The van der Waals surface area contributed by atoms with Gasteiger partial charge in [-0.25, -0.2) is 4.79 Å². The second-order valence-corrected chi connectivity index (χ2v) is 2.55. The Hall–Kier alpha value is -1.78. The van der Waals surface area contributed by atoms with Gasteiger partial charge in [-0.2, -0.15) is 4.98 Å². The quantitative estimate of drug-likeness (QED) is 0.702. The minimum absolute atomic E-state index is 0.0237. The Morgan fingerprint density at radius 3 is 2.69 bits per heavy atom. The highest BCUT2D eigenvalue weighted by Crippen LogP contribution is 2.19. The Morgan fingerprint density at radius 1 is 1.69 bits per heavy atom. The van der Waals surface area contributed by atoms with Crippen LogP contribution in [-0.4, -0.2) is 23.2 Å². The highest BCUT2D eigenvalue weighted by molar-refractivity contribution is 5.94. The molecule has 0 saturated heterocycles. The molecule has 0 aromatic carbocycles. The van der Waals surface area contributed by atoms with Crippen molar-refractivity contribution in [3.63, 3.8) is 0 Å². The topological polar surface area (TPSA) is 85.4 Å². The predicted octanol–water partition coefficient (Wildman–Crippen LogP) is 0.679. The molecule has 0 amide bonds. The van der Waals surface area contributed by atoms with Crippen LogP contribution in [-0.2, 0) is 0 Å². The van der Waals surface area contributed by atoms with Gasteiger partial charge < -0.3 is 15.6 Å². The zero-order valence-corrected chi connectivity index (χ0v) is 7.37. The summed E-state index contributed by atoms with van der Waals surface area (Å²) in [6.07, 6.45) is 0. The van der Waals surface area contributed by atoms with E-state index < -0.39 is 5.97 Å². The number of nitrogens with two attached hydrogens (primary N) is 1. The Balaban J connectivity index is 3.31. The van der Waals surface area contributed by atoms with Crippen molar-refractivity contribution in [1.29, 1.82) is 0 Å². The third-order valence-electron chi connectivity index (χ3n) is 1.64. The molecule has 13 heavy (non-hydrogen) atoms. The van der Waals surface area contributed by atoms with Crippen LogP contribution in [0.2, 0.25) is 0 Å². The van der Waals surface area contributed by atoms with Gasteiger partial charge in [-0.3, -0.25) is 0 Å². The molecule has 0 spiro atoms. The normalized spacial score (nSPS) is 9.69.